The molecule has 3 heterocycles. The van der Waals surface area contributed by atoms with Crippen LogP contribution in [-0.4, -0.2) is 24.9 Å². The molecule has 54 heavy (non-hydrogen) atoms. The molecule has 0 amide bonds. The fraction of sp³-hybridized carbons (Fsp3) is 0. The Morgan fingerprint density at radius 1 is 0.315 bits per heavy atom. The van der Waals surface area contributed by atoms with E-state index in [2.05, 4.69) is 152 Å². The fourth-order valence-electron chi connectivity index (χ4n) is 7.25. The minimum absolute atomic E-state index is 0.562. The number of aromatic nitrogens is 5. The molecule has 0 bridgehead atoms. The van der Waals surface area contributed by atoms with E-state index < -0.39 is 0 Å². The fourth-order valence-corrected chi connectivity index (χ4v) is 7.25. The Kier molecular flexibility index (Phi) is 7.73. The number of nitrogens with zero attached hydrogens (tertiary/aromatic N) is 5. The van der Waals surface area contributed by atoms with Crippen molar-refractivity contribution in [2.45, 2.75) is 0 Å². The molecule has 0 spiro atoms. The summed E-state index contributed by atoms with van der Waals surface area (Å²) < 4.78 is 0. The number of para-hydroxylation sites is 1. The molecule has 3 aromatic heterocycles. The van der Waals surface area contributed by atoms with Crippen molar-refractivity contribution in [1.29, 1.82) is 0 Å². The van der Waals surface area contributed by atoms with E-state index in [0.717, 1.165) is 72.1 Å². The average Bonchev–Trinajstić information content (AvgIpc) is 3.26. The Labute approximate surface area is 312 Å². The van der Waals surface area contributed by atoms with Gasteiger partial charge >= 0.3 is 0 Å². The lowest BCUT2D eigenvalue weighted by Gasteiger charge is -2.12. The van der Waals surface area contributed by atoms with Gasteiger partial charge in [-0.3, -0.25) is 0 Å². The molecule has 252 valence electrons. The molecule has 5 heteroatoms. The van der Waals surface area contributed by atoms with Gasteiger partial charge < -0.3 is 0 Å². The van der Waals surface area contributed by atoms with Crippen molar-refractivity contribution in [1.82, 2.24) is 24.9 Å². The van der Waals surface area contributed by atoms with Gasteiger partial charge in [0.1, 0.15) is 5.69 Å². The van der Waals surface area contributed by atoms with Crippen molar-refractivity contribution in [3.05, 3.63) is 188 Å². The van der Waals surface area contributed by atoms with Gasteiger partial charge in [-0.25, -0.2) is 24.9 Å². The summed E-state index contributed by atoms with van der Waals surface area (Å²) in [6.45, 7) is 0. The normalized spacial score (nSPS) is 11.3. The summed E-state index contributed by atoms with van der Waals surface area (Å²) in [5.74, 6) is 1.19. The maximum absolute atomic E-state index is 5.10. The predicted octanol–water partition coefficient (Wildman–Crippen LogP) is 12.1. The van der Waals surface area contributed by atoms with E-state index in [1.165, 1.54) is 16.3 Å². The van der Waals surface area contributed by atoms with Gasteiger partial charge in [-0.2, -0.15) is 0 Å². The summed E-state index contributed by atoms with van der Waals surface area (Å²) in [6, 6.07) is 60.8. The molecule has 0 atom stereocenters. The second kappa shape index (κ2) is 13.3. The molecular weight excluding hydrogens is 659 g/mol. The zero-order chi connectivity index (χ0) is 35.8. The van der Waals surface area contributed by atoms with Crippen molar-refractivity contribution < 1.29 is 0 Å². The van der Waals surface area contributed by atoms with Crippen LogP contribution in [-0.2, 0) is 0 Å². The number of pyridine rings is 1. The number of fused-ring (bicyclic) bond motifs is 5. The molecule has 0 N–H and O–H groups in total. The van der Waals surface area contributed by atoms with Gasteiger partial charge in [0.25, 0.3) is 0 Å². The van der Waals surface area contributed by atoms with Gasteiger partial charge in [-0.05, 0) is 45.2 Å². The number of benzene rings is 7. The molecular formula is C49H31N5. The van der Waals surface area contributed by atoms with Crippen LogP contribution in [0.5, 0.6) is 0 Å². The molecule has 0 saturated carbocycles. The smallest absolute Gasteiger partial charge is 0.178 e. The van der Waals surface area contributed by atoms with E-state index in [4.69, 9.17) is 24.9 Å². The summed E-state index contributed by atoms with van der Waals surface area (Å²) in [5, 5.41) is 5.65. The highest BCUT2D eigenvalue weighted by Gasteiger charge is 2.17. The molecule has 0 saturated heterocycles. The van der Waals surface area contributed by atoms with Crippen molar-refractivity contribution in [3.63, 3.8) is 0 Å². The first kappa shape index (κ1) is 31.4. The predicted molar refractivity (Wildman–Crippen MR) is 221 cm³/mol. The first-order chi connectivity index (χ1) is 26.7. The standard InChI is InChI=1S/C49H31N5/c1-3-11-32(12-4-1)34-19-23-37(24-20-34)44-29-45(54-48(53-44)38-25-21-35(22-26-38)33-13-5-2-6-14-33)39-30-50-49(51-31-39)47-42-28-27-36-15-7-8-16-40(36)46(42)41-17-9-10-18-43(41)52-47/h1-31H. The number of hydrogen-bond donors (Lipinski definition) is 0. The topological polar surface area (TPSA) is 64.5 Å². The Hall–Kier alpha value is -7.37. The minimum atomic E-state index is 0.562. The van der Waals surface area contributed by atoms with E-state index in [9.17, 15) is 0 Å². The highest BCUT2D eigenvalue weighted by Crippen LogP contribution is 2.37. The molecule has 0 aliphatic heterocycles. The van der Waals surface area contributed by atoms with Crippen LogP contribution in [0.15, 0.2) is 188 Å². The highest BCUT2D eigenvalue weighted by molar-refractivity contribution is 6.22. The molecule has 0 fully saturated rings. The van der Waals surface area contributed by atoms with Crippen LogP contribution >= 0.6 is 0 Å². The van der Waals surface area contributed by atoms with Crippen LogP contribution in [0.1, 0.15) is 0 Å². The van der Waals surface area contributed by atoms with E-state index in [-0.39, 0.29) is 0 Å². The number of rotatable bonds is 6. The first-order valence-corrected chi connectivity index (χ1v) is 18.0. The molecule has 0 unspecified atom stereocenters. The highest BCUT2D eigenvalue weighted by atomic mass is 14.9. The van der Waals surface area contributed by atoms with Crippen molar-refractivity contribution in [2.24, 2.45) is 0 Å². The maximum Gasteiger partial charge on any atom is 0.178 e. The Morgan fingerprint density at radius 2 is 0.833 bits per heavy atom. The summed E-state index contributed by atoms with van der Waals surface area (Å²) in [4.78, 5) is 25.1. The molecule has 0 aliphatic rings. The molecule has 0 radical (unpaired) electrons. The third-order valence-electron chi connectivity index (χ3n) is 10.0. The van der Waals surface area contributed by atoms with E-state index in [1.807, 2.05) is 36.7 Å². The lowest BCUT2D eigenvalue weighted by atomic mass is 9.97. The summed E-state index contributed by atoms with van der Waals surface area (Å²) in [5.41, 5.74) is 10.6. The van der Waals surface area contributed by atoms with Crippen LogP contribution in [0.3, 0.4) is 0 Å². The molecule has 5 nitrogen and oxygen atoms in total. The zero-order valence-corrected chi connectivity index (χ0v) is 29.1. The lowest BCUT2D eigenvalue weighted by molar-refractivity contribution is 1.13. The second-order valence-corrected chi connectivity index (χ2v) is 13.3. The summed E-state index contributed by atoms with van der Waals surface area (Å²) in [6.07, 6.45) is 3.69. The quantitative estimate of drug-likeness (QED) is 0.163. The molecule has 0 aliphatic carbocycles. The second-order valence-electron chi connectivity index (χ2n) is 13.3. The Balaban J connectivity index is 1.08. The van der Waals surface area contributed by atoms with Crippen LogP contribution < -0.4 is 0 Å². The van der Waals surface area contributed by atoms with Gasteiger partial charge in [-0.1, -0.05) is 164 Å². The number of hydrogen-bond acceptors (Lipinski definition) is 5. The SMILES string of the molecule is c1ccc(-c2ccc(-c3cc(-c4cnc(-c5nc6ccccc6c6c5ccc5ccccc56)nc4)nc(-c4ccc(-c5ccccc5)cc4)n3)cc2)cc1. The van der Waals surface area contributed by atoms with Crippen molar-refractivity contribution >= 4 is 32.4 Å². The third-order valence-corrected chi connectivity index (χ3v) is 10.0. The van der Waals surface area contributed by atoms with Crippen LogP contribution in [0.25, 0.3) is 100 Å². The summed E-state index contributed by atoms with van der Waals surface area (Å²) >= 11 is 0. The molecule has 10 rings (SSSR count). The van der Waals surface area contributed by atoms with Gasteiger partial charge in [0.05, 0.1) is 16.9 Å². The van der Waals surface area contributed by atoms with Gasteiger partial charge in [0.2, 0.25) is 0 Å². The van der Waals surface area contributed by atoms with E-state index >= 15 is 0 Å². The monoisotopic (exact) mass is 689 g/mol. The van der Waals surface area contributed by atoms with Crippen molar-refractivity contribution in [2.75, 3.05) is 0 Å². The lowest BCUT2D eigenvalue weighted by Crippen LogP contribution is -1.98. The third kappa shape index (κ3) is 5.74. The van der Waals surface area contributed by atoms with Crippen LogP contribution in [0, 0.1) is 0 Å². The van der Waals surface area contributed by atoms with E-state index in [0.29, 0.717) is 11.6 Å². The Bertz CT molecular complexity index is 2830. The largest absolute Gasteiger partial charge is 0.244 e. The van der Waals surface area contributed by atoms with Crippen LogP contribution in [0.4, 0.5) is 0 Å². The van der Waals surface area contributed by atoms with Gasteiger partial charge in [-0.15, -0.1) is 0 Å². The maximum atomic E-state index is 5.10. The first-order valence-electron chi connectivity index (χ1n) is 18.0. The Morgan fingerprint density at radius 3 is 1.50 bits per heavy atom. The van der Waals surface area contributed by atoms with Gasteiger partial charge in [0.15, 0.2) is 11.6 Å². The zero-order valence-electron chi connectivity index (χ0n) is 29.1. The average molecular weight is 690 g/mol. The van der Waals surface area contributed by atoms with E-state index in [1.54, 1.807) is 0 Å². The van der Waals surface area contributed by atoms with Crippen LogP contribution in [0.2, 0.25) is 0 Å². The molecule has 7 aromatic carbocycles. The minimum Gasteiger partial charge on any atom is -0.244 e. The summed E-state index contributed by atoms with van der Waals surface area (Å²) in [7, 11) is 0. The van der Waals surface area contributed by atoms with Crippen molar-refractivity contribution in [3.8, 4) is 67.7 Å². The molecule has 10 aromatic rings. The van der Waals surface area contributed by atoms with Gasteiger partial charge in [0, 0.05) is 45.2 Å².